The summed E-state index contributed by atoms with van der Waals surface area (Å²) in [6, 6.07) is 1.78. The Morgan fingerprint density at radius 2 is 1.65 bits per heavy atom. The van der Waals surface area contributed by atoms with Crippen molar-refractivity contribution < 1.29 is 5.11 Å². The van der Waals surface area contributed by atoms with Crippen LogP contribution in [0.15, 0.2) is 0 Å². The fourth-order valence-corrected chi connectivity index (χ4v) is 4.02. The lowest BCUT2D eigenvalue weighted by Crippen LogP contribution is -2.52. The van der Waals surface area contributed by atoms with Crippen LogP contribution in [0.4, 0.5) is 0 Å². The van der Waals surface area contributed by atoms with Gasteiger partial charge in [0.1, 0.15) is 0 Å². The standard InChI is InChI=1S/C14H26N2O/c17-14-7-2-1-5-12(14)15-11-8-10-16-9-4-3-6-13(11)16/h11-15,17H,1-10H2/t11?,12-,13?,14-/m1/s1. The molecule has 0 aromatic carbocycles. The van der Waals surface area contributed by atoms with Gasteiger partial charge in [-0.1, -0.05) is 19.3 Å². The third-order valence-electron chi connectivity index (χ3n) is 5.01. The van der Waals surface area contributed by atoms with Crippen LogP contribution in [0.3, 0.4) is 0 Å². The minimum atomic E-state index is -0.0959. The molecular formula is C14H26N2O. The monoisotopic (exact) mass is 238 g/mol. The van der Waals surface area contributed by atoms with Crippen LogP contribution in [-0.2, 0) is 0 Å². The fourth-order valence-electron chi connectivity index (χ4n) is 4.02. The number of nitrogens with zero attached hydrogens (tertiary/aromatic N) is 1. The molecular weight excluding hydrogens is 212 g/mol. The van der Waals surface area contributed by atoms with Crippen LogP contribution in [-0.4, -0.2) is 47.3 Å². The van der Waals surface area contributed by atoms with Gasteiger partial charge in [-0.3, -0.25) is 4.90 Å². The van der Waals surface area contributed by atoms with E-state index in [0.29, 0.717) is 12.1 Å². The van der Waals surface area contributed by atoms with Gasteiger partial charge in [0, 0.05) is 24.7 Å². The Hall–Kier alpha value is -0.120. The molecule has 0 aromatic rings. The van der Waals surface area contributed by atoms with Crippen LogP contribution in [0.1, 0.15) is 51.4 Å². The molecule has 1 saturated carbocycles. The average Bonchev–Trinajstić information content (AvgIpc) is 2.76. The second-order valence-corrected chi connectivity index (χ2v) is 6.12. The van der Waals surface area contributed by atoms with Crippen molar-refractivity contribution in [1.82, 2.24) is 10.2 Å². The summed E-state index contributed by atoms with van der Waals surface area (Å²) >= 11 is 0. The Kier molecular flexibility index (Phi) is 3.69. The van der Waals surface area contributed by atoms with Crippen LogP contribution in [0, 0.1) is 0 Å². The summed E-state index contributed by atoms with van der Waals surface area (Å²) < 4.78 is 0. The number of rotatable bonds is 2. The third-order valence-corrected chi connectivity index (χ3v) is 5.01. The summed E-state index contributed by atoms with van der Waals surface area (Å²) in [4.78, 5) is 2.66. The molecule has 17 heavy (non-hydrogen) atoms. The molecule has 2 saturated heterocycles. The maximum atomic E-state index is 10.0. The van der Waals surface area contributed by atoms with Crippen molar-refractivity contribution in [2.24, 2.45) is 0 Å². The van der Waals surface area contributed by atoms with E-state index in [1.54, 1.807) is 0 Å². The quantitative estimate of drug-likeness (QED) is 0.765. The van der Waals surface area contributed by atoms with Crippen LogP contribution in [0.25, 0.3) is 0 Å². The number of hydrogen-bond donors (Lipinski definition) is 2. The molecule has 0 amide bonds. The average molecular weight is 238 g/mol. The van der Waals surface area contributed by atoms with Crippen molar-refractivity contribution in [1.29, 1.82) is 0 Å². The zero-order chi connectivity index (χ0) is 11.7. The first kappa shape index (κ1) is 11.9. The molecule has 1 aliphatic carbocycles. The van der Waals surface area contributed by atoms with Gasteiger partial charge in [0.25, 0.3) is 0 Å². The topological polar surface area (TPSA) is 35.5 Å². The summed E-state index contributed by atoms with van der Waals surface area (Å²) in [6.07, 6.45) is 10.00. The van der Waals surface area contributed by atoms with Gasteiger partial charge in [0.15, 0.2) is 0 Å². The zero-order valence-electron chi connectivity index (χ0n) is 10.8. The molecule has 0 spiro atoms. The van der Waals surface area contributed by atoms with Crippen molar-refractivity contribution in [3.05, 3.63) is 0 Å². The molecule has 3 nitrogen and oxygen atoms in total. The Morgan fingerprint density at radius 1 is 0.824 bits per heavy atom. The highest BCUT2D eigenvalue weighted by Gasteiger charge is 2.37. The van der Waals surface area contributed by atoms with Crippen LogP contribution in [0.5, 0.6) is 0 Å². The molecule has 2 aliphatic heterocycles. The van der Waals surface area contributed by atoms with Crippen molar-refractivity contribution in [3.63, 3.8) is 0 Å². The number of piperidine rings is 1. The largest absolute Gasteiger partial charge is 0.392 e. The Morgan fingerprint density at radius 3 is 2.53 bits per heavy atom. The van der Waals surface area contributed by atoms with Crippen molar-refractivity contribution in [2.75, 3.05) is 13.1 Å². The Balaban J connectivity index is 1.57. The number of nitrogens with one attached hydrogen (secondary N) is 1. The van der Waals surface area contributed by atoms with Gasteiger partial charge in [-0.15, -0.1) is 0 Å². The van der Waals surface area contributed by atoms with Crippen LogP contribution in [0.2, 0.25) is 0 Å². The molecule has 0 aromatic heterocycles. The molecule has 4 atom stereocenters. The number of hydrogen-bond acceptors (Lipinski definition) is 3. The molecule has 3 fully saturated rings. The van der Waals surface area contributed by atoms with Gasteiger partial charge in [-0.25, -0.2) is 0 Å². The first-order valence-electron chi connectivity index (χ1n) is 7.53. The maximum Gasteiger partial charge on any atom is 0.0693 e. The zero-order valence-corrected chi connectivity index (χ0v) is 10.8. The summed E-state index contributed by atoms with van der Waals surface area (Å²) in [5, 5.41) is 13.8. The number of aliphatic hydroxyl groups is 1. The Bertz CT molecular complexity index is 259. The second-order valence-electron chi connectivity index (χ2n) is 6.12. The highest BCUT2D eigenvalue weighted by Crippen LogP contribution is 2.29. The molecule has 3 rings (SSSR count). The predicted octanol–water partition coefficient (Wildman–Crippen LogP) is 1.51. The van der Waals surface area contributed by atoms with E-state index >= 15 is 0 Å². The van der Waals surface area contributed by atoms with Crippen molar-refractivity contribution in [2.45, 2.75) is 75.6 Å². The Labute approximate surface area is 105 Å². The first-order chi connectivity index (χ1) is 8.34. The minimum absolute atomic E-state index is 0.0959. The summed E-state index contributed by atoms with van der Waals surface area (Å²) in [7, 11) is 0. The number of aliphatic hydroxyl groups excluding tert-OH is 1. The molecule has 2 N–H and O–H groups in total. The van der Waals surface area contributed by atoms with Crippen LogP contribution >= 0.6 is 0 Å². The smallest absolute Gasteiger partial charge is 0.0693 e. The van der Waals surface area contributed by atoms with E-state index in [0.717, 1.165) is 12.5 Å². The van der Waals surface area contributed by atoms with Crippen molar-refractivity contribution >= 4 is 0 Å². The SMILES string of the molecule is O[C@@H]1CCCC[C@H]1NC1CCN2CCCCC12. The highest BCUT2D eigenvalue weighted by atomic mass is 16.3. The van der Waals surface area contributed by atoms with Gasteiger partial charge in [0.2, 0.25) is 0 Å². The van der Waals surface area contributed by atoms with Gasteiger partial charge in [-0.2, -0.15) is 0 Å². The molecule has 3 aliphatic rings. The first-order valence-corrected chi connectivity index (χ1v) is 7.53. The normalized spacial score (nSPS) is 43.6. The van der Waals surface area contributed by atoms with Crippen molar-refractivity contribution in [3.8, 4) is 0 Å². The third kappa shape index (κ3) is 2.51. The molecule has 0 bridgehead atoms. The van der Waals surface area contributed by atoms with E-state index in [2.05, 4.69) is 10.2 Å². The van der Waals surface area contributed by atoms with Gasteiger partial charge in [-0.05, 0) is 38.6 Å². The summed E-state index contributed by atoms with van der Waals surface area (Å²) in [5.74, 6) is 0. The van der Waals surface area contributed by atoms with E-state index in [-0.39, 0.29) is 6.10 Å². The summed E-state index contributed by atoms with van der Waals surface area (Å²) in [5.41, 5.74) is 0. The van der Waals surface area contributed by atoms with Gasteiger partial charge >= 0.3 is 0 Å². The van der Waals surface area contributed by atoms with Gasteiger partial charge in [0.05, 0.1) is 6.10 Å². The van der Waals surface area contributed by atoms with Gasteiger partial charge < -0.3 is 10.4 Å². The molecule has 0 radical (unpaired) electrons. The highest BCUT2D eigenvalue weighted by molar-refractivity contribution is 4.96. The number of fused-ring (bicyclic) bond motifs is 1. The second kappa shape index (κ2) is 5.25. The van der Waals surface area contributed by atoms with E-state index in [4.69, 9.17) is 0 Å². The molecule has 2 heterocycles. The maximum absolute atomic E-state index is 10.0. The molecule has 3 heteroatoms. The van der Waals surface area contributed by atoms with E-state index in [1.165, 1.54) is 58.0 Å². The predicted molar refractivity (Wildman–Crippen MR) is 69.0 cm³/mol. The van der Waals surface area contributed by atoms with Crippen LogP contribution < -0.4 is 5.32 Å². The lowest BCUT2D eigenvalue weighted by atomic mass is 9.90. The van der Waals surface area contributed by atoms with E-state index in [1.807, 2.05) is 0 Å². The lowest BCUT2D eigenvalue weighted by molar-refractivity contribution is 0.0781. The molecule has 98 valence electrons. The fraction of sp³-hybridized carbons (Fsp3) is 1.00. The molecule has 2 unspecified atom stereocenters. The lowest BCUT2D eigenvalue weighted by Gasteiger charge is -2.36. The summed E-state index contributed by atoms with van der Waals surface area (Å²) in [6.45, 7) is 2.57. The van der Waals surface area contributed by atoms with E-state index in [9.17, 15) is 5.11 Å². The minimum Gasteiger partial charge on any atom is -0.392 e. The van der Waals surface area contributed by atoms with E-state index < -0.39 is 0 Å².